The molecular formula is C16H22N2OS. The van der Waals surface area contributed by atoms with Gasteiger partial charge in [0.15, 0.2) is 0 Å². The van der Waals surface area contributed by atoms with E-state index < -0.39 is 0 Å². The first-order chi connectivity index (χ1) is 9.65. The first-order valence-electron chi connectivity index (χ1n) is 6.98. The Morgan fingerprint density at radius 3 is 2.85 bits per heavy atom. The number of benzene rings is 1. The molecule has 2 rings (SSSR count). The number of aromatic nitrogens is 1. The van der Waals surface area contributed by atoms with E-state index in [4.69, 9.17) is 4.74 Å². The monoisotopic (exact) mass is 290 g/mol. The lowest BCUT2D eigenvalue weighted by molar-refractivity contribution is 0.303. The van der Waals surface area contributed by atoms with Crippen LogP contribution in [0, 0.1) is 12.8 Å². The first kappa shape index (κ1) is 15.0. The summed E-state index contributed by atoms with van der Waals surface area (Å²) in [5.74, 6) is 1.61. The lowest BCUT2D eigenvalue weighted by Crippen LogP contribution is -2.18. The molecule has 0 fully saturated rings. The predicted octanol–water partition coefficient (Wildman–Crippen LogP) is 3.78. The Morgan fingerprint density at radius 2 is 2.10 bits per heavy atom. The number of hydrogen-bond donors (Lipinski definition) is 1. The SMILES string of the molecule is Cc1ccccc1OCc1ncc(CNCC(C)C)s1. The van der Waals surface area contributed by atoms with E-state index in [1.165, 1.54) is 4.88 Å². The van der Waals surface area contributed by atoms with Gasteiger partial charge in [0.05, 0.1) is 0 Å². The van der Waals surface area contributed by atoms with Crippen LogP contribution in [0.4, 0.5) is 0 Å². The highest BCUT2D eigenvalue weighted by Gasteiger charge is 2.04. The van der Waals surface area contributed by atoms with Crippen LogP contribution in [0.5, 0.6) is 5.75 Å². The number of ether oxygens (including phenoxy) is 1. The van der Waals surface area contributed by atoms with Gasteiger partial charge in [-0.15, -0.1) is 11.3 Å². The number of rotatable bonds is 7. The summed E-state index contributed by atoms with van der Waals surface area (Å²) in [4.78, 5) is 5.67. The van der Waals surface area contributed by atoms with E-state index >= 15 is 0 Å². The number of hydrogen-bond acceptors (Lipinski definition) is 4. The van der Waals surface area contributed by atoms with Gasteiger partial charge >= 0.3 is 0 Å². The fraction of sp³-hybridized carbons (Fsp3) is 0.438. The molecular weight excluding hydrogens is 268 g/mol. The van der Waals surface area contributed by atoms with E-state index in [1.807, 2.05) is 24.4 Å². The maximum atomic E-state index is 5.81. The van der Waals surface area contributed by atoms with E-state index in [0.717, 1.165) is 29.4 Å². The average Bonchev–Trinajstić information content (AvgIpc) is 2.85. The van der Waals surface area contributed by atoms with Crippen molar-refractivity contribution in [3.63, 3.8) is 0 Å². The van der Waals surface area contributed by atoms with Gasteiger partial charge in [-0.25, -0.2) is 4.98 Å². The van der Waals surface area contributed by atoms with Crippen molar-refractivity contribution in [1.29, 1.82) is 0 Å². The van der Waals surface area contributed by atoms with E-state index in [2.05, 4.69) is 37.1 Å². The zero-order valence-corrected chi connectivity index (χ0v) is 13.2. The van der Waals surface area contributed by atoms with Crippen molar-refractivity contribution >= 4 is 11.3 Å². The molecule has 0 atom stereocenters. The van der Waals surface area contributed by atoms with Gasteiger partial charge < -0.3 is 10.1 Å². The number of nitrogens with one attached hydrogen (secondary N) is 1. The third kappa shape index (κ3) is 4.62. The number of thiazole rings is 1. The molecule has 20 heavy (non-hydrogen) atoms. The fourth-order valence-electron chi connectivity index (χ4n) is 1.84. The standard InChI is InChI=1S/C16H22N2OS/c1-12(2)8-17-9-14-10-18-16(20-14)11-19-15-7-5-4-6-13(15)3/h4-7,10,12,17H,8-9,11H2,1-3H3. The largest absolute Gasteiger partial charge is 0.486 e. The van der Waals surface area contributed by atoms with Crippen molar-refractivity contribution in [1.82, 2.24) is 10.3 Å². The van der Waals surface area contributed by atoms with Gasteiger partial charge in [-0.05, 0) is 31.0 Å². The van der Waals surface area contributed by atoms with Crippen molar-refractivity contribution in [2.45, 2.75) is 33.9 Å². The number of para-hydroxylation sites is 1. The minimum absolute atomic E-state index is 0.541. The molecule has 1 aromatic carbocycles. The average molecular weight is 290 g/mol. The molecule has 0 bridgehead atoms. The Kier molecular flexibility index (Phi) is 5.56. The van der Waals surface area contributed by atoms with Gasteiger partial charge in [0.2, 0.25) is 0 Å². The van der Waals surface area contributed by atoms with Crippen LogP contribution in [0.15, 0.2) is 30.5 Å². The second-order valence-electron chi connectivity index (χ2n) is 5.30. The normalized spacial score (nSPS) is 11.0. The van der Waals surface area contributed by atoms with Crippen LogP contribution in [0.2, 0.25) is 0 Å². The Morgan fingerprint density at radius 1 is 1.30 bits per heavy atom. The van der Waals surface area contributed by atoms with Crippen molar-refractivity contribution < 1.29 is 4.74 Å². The highest BCUT2D eigenvalue weighted by molar-refractivity contribution is 7.11. The van der Waals surface area contributed by atoms with Gasteiger partial charge in [-0.2, -0.15) is 0 Å². The highest BCUT2D eigenvalue weighted by atomic mass is 32.1. The van der Waals surface area contributed by atoms with Crippen LogP contribution in [-0.4, -0.2) is 11.5 Å². The summed E-state index contributed by atoms with van der Waals surface area (Å²) < 4.78 is 5.81. The molecule has 1 N–H and O–H groups in total. The minimum Gasteiger partial charge on any atom is -0.486 e. The predicted molar refractivity (Wildman–Crippen MR) is 84.2 cm³/mol. The smallest absolute Gasteiger partial charge is 0.140 e. The summed E-state index contributed by atoms with van der Waals surface area (Å²) in [6, 6.07) is 8.06. The number of nitrogens with zero attached hydrogens (tertiary/aromatic N) is 1. The van der Waals surface area contributed by atoms with Crippen molar-refractivity contribution in [2.24, 2.45) is 5.92 Å². The molecule has 0 aliphatic carbocycles. The second-order valence-corrected chi connectivity index (χ2v) is 6.50. The zero-order valence-electron chi connectivity index (χ0n) is 12.3. The summed E-state index contributed by atoms with van der Waals surface area (Å²) in [6.45, 7) is 8.94. The quantitative estimate of drug-likeness (QED) is 0.842. The molecule has 1 heterocycles. The van der Waals surface area contributed by atoms with E-state index in [0.29, 0.717) is 12.5 Å². The molecule has 108 valence electrons. The number of aryl methyl sites for hydroxylation is 1. The molecule has 0 unspecified atom stereocenters. The molecule has 0 radical (unpaired) electrons. The van der Waals surface area contributed by atoms with Crippen LogP contribution in [0.1, 0.15) is 29.3 Å². The van der Waals surface area contributed by atoms with Crippen LogP contribution >= 0.6 is 11.3 Å². The van der Waals surface area contributed by atoms with Crippen molar-refractivity contribution in [3.05, 3.63) is 45.9 Å². The highest BCUT2D eigenvalue weighted by Crippen LogP contribution is 2.19. The van der Waals surface area contributed by atoms with Gasteiger partial charge in [0, 0.05) is 17.6 Å². The molecule has 4 heteroatoms. The van der Waals surface area contributed by atoms with Gasteiger partial charge in [-0.3, -0.25) is 0 Å². The van der Waals surface area contributed by atoms with Crippen molar-refractivity contribution in [2.75, 3.05) is 6.54 Å². The molecule has 0 saturated carbocycles. The lowest BCUT2D eigenvalue weighted by Gasteiger charge is -2.06. The molecule has 3 nitrogen and oxygen atoms in total. The summed E-state index contributed by atoms with van der Waals surface area (Å²) in [5, 5.41) is 4.45. The van der Waals surface area contributed by atoms with Crippen LogP contribution in [0.3, 0.4) is 0 Å². The molecule has 0 saturated heterocycles. The summed E-state index contributed by atoms with van der Waals surface area (Å²) >= 11 is 1.71. The Balaban J connectivity index is 1.82. The Hall–Kier alpha value is -1.39. The lowest BCUT2D eigenvalue weighted by atomic mass is 10.2. The molecule has 0 amide bonds. The topological polar surface area (TPSA) is 34.1 Å². The van der Waals surface area contributed by atoms with Crippen LogP contribution in [0.25, 0.3) is 0 Å². The van der Waals surface area contributed by atoms with E-state index in [1.54, 1.807) is 11.3 Å². The molecule has 0 spiro atoms. The van der Waals surface area contributed by atoms with E-state index in [-0.39, 0.29) is 0 Å². The third-order valence-electron chi connectivity index (χ3n) is 2.90. The summed E-state index contributed by atoms with van der Waals surface area (Å²) in [7, 11) is 0. The Labute approximate surface area is 125 Å². The minimum atomic E-state index is 0.541. The van der Waals surface area contributed by atoms with Gasteiger partial charge in [0.25, 0.3) is 0 Å². The van der Waals surface area contributed by atoms with Crippen LogP contribution < -0.4 is 10.1 Å². The summed E-state index contributed by atoms with van der Waals surface area (Å²) in [5.41, 5.74) is 1.16. The third-order valence-corrected chi connectivity index (χ3v) is 3.87. The van der Waals surface area contributed by atoms with Gasteiger partial charge in [0.1, 0.15) is 17.4 Å². The maximum Gasteiger partial charge on any atom is 0.140 e. The first-order valence-corrected chi connectivity index (χ1v) is 7.79. The van der Waals surface area contributed by atoms with Gasteiger partial charge in [-0.1, -0.05) is 32.0 Å². The Bertz CT molecular complexity index is 537. The van der Waals surface area contributed by atoms with Crippen molar-refractivity contribution in [3.8, 4) is 5.75 Å². The van der Waals surface area contributed by atoms with E-state index in [9.17, 15) is 0 Å². The zero-order chi connectivity index (χ0) is 14.4. The molecule has 0 aliphatic rings. The molecule has 2 aromatic rings. The van der Waals surface area contributed by atoms with Crippen LogP contribution in [-0.2, 0) is 13.2 Å². The fourth-order valence-corrected chi connectivity index (χ4v) is 2.64. The molecule has 1 aromatic heterocycles. The molecule has 0 aliphatic heterocycles. The maximum absolute atomic E-state index is 5.81. The summed E-state index contributed by atoms with van der Waals surface area (Å²) in [6.07, 6.45) is 1.94. The second kappa shape index (κ2) is 7.41.